The van der Waals surface area contributed by atoms with Crippen molar-refractivity contribution < 1.29 is 27.4 Å². The Hall–Kier alpha value is -1.84. The van der Waals surface area contributed by atoms with Gasteiger partial charge in [0, 0.05) is 19.2 Å². The Kier molecular flexibility index (Phi) is 6.41. The van der Waals surface area contributed by atoms with E-state index in [1.165, 1.54) is 32.4 Å². The van der Waals surface area contributed by atoms with Gasteiger partial charge in [-0.1, -0.05) is 0 Å². The molecule has 0 unspecified atom stereocenters. The largest absolute Gasteiger partial charge is 0.493 e. The molecule has 1 fully saturated rings. The average Bonchev–Trinajstić information content (AvgIpc) is 3.11. The molecule has 0 radical (unpaired) electrons. The first kappa shape index (κ1) is 18.5. The summed E-state index contributed by atoms with van der Waals surface area (Å²) in [6.45, 7) is 0.743. The fourth-order valence-electron chi connectivity index (χ4n) is 2.32. The second kappa shape index (κ2) is 8.32. The van der Waals surface area contributed by atoms with E-state index in [1.807, 2.05) is 0 Å². The van der Waals surface area contributed by atoms with Crippen LogP contribution >= 0.6 is 0 Å². The molecular formula is C15H22N2O6S. The van der Waals surface area contributed by atoms with Gasteiger partial charge in [0.05, 0.1) is 31.8 Å². The number of hydrogen-bond donors (Lipinski definition) is 2. The number of ether oxygens (including phenoxy) is 3. The molecule has 1 amide bonds. The average molecular weight is 358 g/mol. The molecule has 24 heavy (non-hydrogen) atoms. The van der Waals surface area contributed by atoms with Crippen molar-refractivity contribution in [3.8, 4) is 11.5 Å². The van der Waals surface area contributed by atoms with E-state index in [0.29, 0.717) is 24.7 Å². The minimum absolute atomic E-state index is 0.00734. The van der Waals surface area contributed by atoms with E-state index >= 15 is 0 Å². The third-order valence-electron chi connectivity index (χ3n) is 3.64. The molecule has 9 heteroatoms. The van der Waals surface area contributed by atoms with Crippen molar-refractivity contribution in [2.24, 2.45) is 0 Å². The van der Waals surface area contributed by atoms with Crippen LogP contribution in [-0.4, -0.2) is 54.3 Å². The van der Waals surface area contributed by atoms with Crippen molar-refractivity contribution in [3.05, 3.63) is 18.2 Å². The van der Waals surface area contributed by atoms with Gasteiger partial charge < -0.3 is 19.5 Å². The van der Waals surface area contributed by atoms with Gasteiger partial charge >= 0.3 is 0 Å². The van der Waals surface area contributed by atoms with Gasteiger partial charge in [-0.3, -0.25) is 4.79 Å². The van der Waals surface area contributed by atoms with Gasteiger partial charge in [0.2, 0.25) is 15.9 Å². The quantitative estimate of drug-likeness (QED) is 0.692. The van der Waals surface area contributed by atoms with Crippen LogP contribution in [0.5, 0.6) is 11.5 Å². The van der Waals surface area contributed by atoms with Crippen molar-refractivity contribution in [2.45, 2.75) is 23.8 Å². The molecule has 0 aliphatic carbocycles. The molecule has 8 nitrogen and oxygen atoms in total. The van der Waals surface area contributed by atoms with Gasteiger partial charge in [0.15, 0.2) is 11.5 Å². The van der Waals surface area contributed by atoms with Gasteiger partial charge in [-0.05, 0) is 25.0 Å². The number of amides is 1. The van der Waals surface area contributed by atoms with Crippen LogP contribution in [0.2, 0.25) is 0 Å². The van der Waals surface area contributed by atoms with Gasteiger partial charge in [0.1, 0.15) is 0 Å². The Balaban J connectivity index is 1.91. The van der Waals surface area contributed by atoms with Crippen LogP contribution in [0.4, 0.5) is 0 Å². The first-order valence-electron chi connectivity index (χ1n) is 7.56. The molecule has 0 aromatic heterocycles. The fourth-order valence-corrected chi connectivity index (χ4v) is 3.32. The highest BCUT2D eigenvalue weighted by atomic mass is 32.2. The van der Waals surface area contributed by atoms with E-state index in [0.717, 1.165) is 12.8 Å². The molecule has 2 rings (SSSR count). The van der Waals surface area contributed by atoms with Crippen LogP contribution < -0.4 is 19.5 Å². The standard InChI is InChI=1S/C15H22N2O6S/c1-21-13-6-5-12(8-14(13)22-2)24(19,20)17-10-15(18)16-9-11-4-3-7-23-11/h5-6,8,11,17H,3-4,7,9-10H2,1-2H3,(H,16,18)/t11-/m1/s1. The Morgan fingerprint density at radius 2 is 2.04 bits per heavy atom. The number of carbonyl (C=O) groups is 1. The van der Waals surface area contributed by atoms with E-state index < -0.39 is 15.9 Å². The van der Waals surface area contributed by atoms with Crippen LogP contribution in [-0.2, 0) is 19.6 Å². The molecule has 1 heterocycles. The molecule has 1 aliphatic heterocycles. The third kappa shape index (κ3) is 4.83. The maximum atomic E-state index is 12.3. The zero-order valence-corrected chi connectivity index (χ0v) is 14.5. The van der Waals surface area contributed by atoms with Gasteiger partial charge in [-0.15, -0.1) is 0 Å². The number of hydrogen-bond acceptors (Lipinski definition) is 6. The van der Waals surface area contributed by atoms with Crippen LogP contribution in [0.25, 0.3) is 0 Å². The maximum Gasteiger partial charge on any atom is 0.241 e. The molecule has 1 aromatic rings. The third-order valence-corrected chi connectivity index (χ3v) is 5.04. The summed E-state index contributed by atoms with van der Waals surface area (Å²) in [6.07, 6.45) is 1.89. The lowest BCUT2D eigenvalue weighted by Gasteiger charge is -2.12. The monoisotopic (exact) mass is 358 g/mol. The highest BCUT2D eigenvalue weighted by Gasteiger charge is 2.19. The van der Waals surface area contributed by atoms with Crippen molar-refractivity contribution >= 4 is 15.9 Å². The van der Waals surface area contributed by atoms with E-state index in [9.17, 15) is 13.2 Å². The zero-order chi connectivity index (χ0) is 17.6. The predicted octanol–water partition coefficient (Wildman–Crippen LogP) is 0.277. The number of sulfonamides is 1. The summed E-state index contributed by atoms with van der Waals surface area (Å²) < 4.78 is 42.3. The van der Waals surface area contributed by atoms with Crippen molar-refractivity contribution in [1.82, 2.24) is 10.0 Å². The molecule has 0 saturated carbocycles. The van der Waals surface area contributed by atoms with Gasteiger partial charge in [0.25, 0.3) is 0 Å². The Morgan fingerprint density at radius 3 is 2.67 bits per heavy atom. The molecule has 0 spiro atoms. The predicted molar refractivity (Wildman–Crippen MR) is 86.7 cm³/mol. The lowest BCUT2D eigenvalue weighted by molar-refractivity contribution is -0.120. The molecule has 134 valence electrons. The Morgan fingerprint density at radius 1 is 1.29 bits per heavy atom. The minimum Gasteiger partial charge on any atom is -0.493 e. The Labute approximate surface area is 141 Å². The lowest BCUT2D eigenvalue weighted by atomic mass is 10.2. The van der Waals surface area contributed by atoms with E-state index in [4.69, 9.17) is 14.2 Å². The molecular weight excluding hydrogens is 336 g/mol. The summed E-state index contributed by atoms with van der Waals surface area (Å²) in [6, 6.07) is 4.21. The smallest absolute Gasteiger partial charge is 0.241 e. The molecule has 1 aliphatic rings. The Bertz CT molecular complexity index is 671. The zero-order valence-electron chi connectivity index (χ0n) is 13.7. The van der Waals surface area contributed by atoms with E-state index in [2.05, 4.69) is 10.0 Å². The summed E-state index contributed by atoms with van der Waals surface area (Å²) in [4.78, 5) is 11.8. The first-order chi connectivity index (χ1) is 11.5. The first-order valence-corrected chi connectivity index (χ1v) is 9.04. The summed E-state index contributed by atoms with van der Waals surface area (Å²) >= 11 is 0. The van der Waals surface area contributed by atoms with Crippen molar-refractivity contribution in [1.29, 1.82) is 0 Å². The van der Waals surface area contributed by atoms with Crippen LogP contribution in [0.1, 0.15) is 12.8 Å². The number of nitrogens with one attached hydrogen (secondary N) is 2. The number of methoxy groups -OCH3 is 2. The lowest BCUT2D eigenvalue weighted by Crippen LogP contribution is -2.39. The van der Waals surface area contributed by atoms with Gasteiger partial charge in [-0.2, -0.15) is 0 Å². The van der Waals surface area contributed by atoms with Crippen LogP contribution in [0.15, 0.2) is 23.1 Å². The maximum absolute atomic E-state index is 12.3. The van der Waals surface area contributed by atoms with Crippen LogP contribution in [0.3, 0.4) is 0 Å². The summed E-state index contributed by atoms with van der Waals surface area (Å²) in [7, 11) is -0.950. The summed E-state index contributed by atoms with van der Waals surface area (Å²) in [5, 5.41) is 2.65. The fraction of sp³-hybridized carbons (Fsp3) is 0.533. The highest BCUT2D eigenvalue weighted by molar-refractivity contribution is 7.89. The molecule has 0 bridgehead atoms. The second-order valence-corrected chi connectivity index (χ2v) is 7.05. The number of carbonyl (C=O) groups excluding carboxylic acids is 1. The van der Waals surface area contributed by atoms with E-state index in [-0.39, 0.29) is 17.5 Å². The number of rotatable bonds is 8. The topological polar surface area (TPSA) is 103 Å². The highest BCUT2D eigenvalue weighted by Crippen LogP contribution is 2.29. The summed E-state index contributed by atoms with van der Waals surface area (Å²) in [5.74, 6) is 0.309. The summed E-state index contributed by atoms with van der Waals surface area (Å²) in [5.41, 5.74) is 0. The molecule has 1 atom stereocenters. The van der Waals surface area contributed by atoms with Crippen molar-refractivity contribution in [2.75, 3.05) is 33.9 Å². The SMILES string of the molecule is COc1ccc(S(=O)(=O)NCC(=O)NC[C@H]2CCCO2)cc1OC. The second-order valence-electron chi connectivity index (χ2n) is 5.28. The van der Waals surface area contributed by atoms with Gasteiger partial charge in [-0.25, -0.2) is 13.1 Å². The molecule has 1 saturated heterocycles. The van der Waals surface area contributed by atoms with Crippen molar-refractivity contribution in [3.63, 3.8) is 0 Å². The number of benzene rings is 1. The van der Waals surface area contributed by atoms with E-state index in [1.54, 1.807) is 0 Å². The van der Waals surface area contributed by atoms with Crippen LogP contribution in [0, 0.1) is 0 Å². The molecule has 2 N–H and O–H groups in total. The minimum atomic E-state index is -3.83. The molecule has 1 aromatic carbocycles. The normalized spacial score (nSPS) is 17.5.